The van der Waals surface area contributed by atoms with Crippen molar-refractivity contribution in [1.29, 1.82) is 0 Å². The van der Waals surface area contributed by atoms with Gasteiger partial charge in [0.15, 0.2) is 0 Å². The lowest BCUT2D eigenvalue weighted by atomic mass is 10.2. The Morgan fingerprint density at radius 1 is 1.30 bits per heavy atom. The Balaban J connectivity index is 0.00000127. The molecule has 1 heterocycles. The smallest absolute Gasteiger partial charge is 0.259 e. The number of benzene rings is 1. The number of aliphatic hydroxyl groups excluding tert-OH is 1. The summed E-state index contributed by atoms with van der Waals surface area (Å²) in [7, 11) is 0. The maximum atomic E-state index is 12.5. The third-order valence-corrected chi connectivity index (χ3v) is 3.13. The molecule has 0 atom stereocenters. The van der Waals surface area contributed by atoms with E-state index in [0.717, 1.165) is 10.9 Å². The van der Waals surface area contributed by atoms with Crippen LogP contribution in [0.4, 0.5) is 8.78 Å². The monoisotopic (exact) mass is 320 g/mol. The first kappa shape index (κ1) is 18.8. The Hall–Kier alpha value is -2.27. The summed E-state index contributed by atoms with van der Waals surface area (Å²) < 4.78 is 26.6. The highest BCUT2D eigenvalue weighted by molar-refractivity contribution is 5.85. The summed E-state index contributed by atoms with van der Waals surface area (Å²) in [5.41, 5.74) is 1.85. The van der Waals surface area contributed by atoms with Crippen molar-refractivity contribution >= 4 is 16.6 Å². The Labute approximate surface area is 135 Å². The van der Waals surface area contributed by atoms with Crippen LogP contribution in [0.1, 0.15) is 26.5 Å². The van der Waals surface area contributed by atoms with Gasteiger partial charge in [-0.1, -0.05) is 44.7 Å². The van der Waals surface area contributed by atoms with Crippen LogP contribution in [0, 0.1) is 0 Å². The van der Waals surface area contributed by atoms with E-state index in [1.165, 1.54) is 25.2 Å². The van der Waals surface area contributed by atoms with E-state index in [0.29, 0.717) is 11.4 Å². The zero-order valence-electron chi connectivity index (χ0n) is 13.6. The molecule has 0 bridgehead atoms. The fourth-order valence-electron chi connectivity index (χ4n) is 1.96. The number of hydrogen-bond acceptors (Lipinski definition) is 2. The molecule has 1 aromatic heterocycles. The van der Waals surface area contributed by atoms with E-state index in [9.17, 15) is 13.9 Å². The summed E-state index contributed by atoms with van der Waals surface area (Å²) in [5, 5.41) is 14.5. The molecule has 0 aliphatic heterocycles. The van der Waals surface area contributed by atoms with E-state index in [4.69, 9.17) is 0 Å². The summed E-state index contributed by atoms with van der Waals surface area (Å²) in [4.78, 5) is 0. The van der Waals surface area contributed by atoms with Crippen LogP contribution in [0.2, 0.25) is 0 Å². The first-order valence-corrected chi connectivity index (χ1v) is 7.45. The van der Waals surface area contributed by atoms with Gasteiger partial charge in [0, 0.05) is 5.39 Å². The van der Waals surface area contributed by atoms with Gasteiger partial charge in [-0.05, 0) is 30.7 Å². The molecule has 0 aliphatic carbocycles. The van der Waals surface area contributed by atoms with Gasteiger partial charge in [-0.2, -0.15) is 5.10 Å². The standard InChI is InChI=1S/C16H16F2N2O.C2H6/c1-3-12(9-8-11(2)16(17)18)20-15-7-5-4-6-13(15)14(10-21)19-20;1-2/h3-9,16,21H,1,10H2,2H3;1-2H3/b11-8+,12-9+;. The number of allylic oxidation sites excluding steroid dienone is 5. The highest BCUT2D eigenvalue weighted by atomic mass is 19.3. The average Bonchev–Trinajstić information content (AvgIpc) is 2.96. The fraction of sp³-hybridized carbons (Fsp3) is 0.278. The Morgan fingerprint density at radius 3 is 2.52 bits per heavy atom. The summed E-state index contributed by atoms with van der Waals surface area (Å²) in [6.07, 6.45) is 1.93. The molecule has 0 saturated carbocycles. The van der Waals surface area contributed by atoms with Gasteiger partial charge < -0.3 is 5.11 Å². The summed E-state index contributed by atoms with van der Waals surface area (Å²) in [6.45, 7) is 8.87. The maximum absolute atomic E-state index is 12.5. The SMILES string of the molecule is C=C/C(=C\C=C(/C)C(F)F)n1nc(CO)c2ccccc21.CC. The Morgan fingerprint density at radius 2 is 1.96 bits per heavy atom. The Bertz CT molecular complexity index is 715. The van der Waals surface area contributed by atoms with Gasteiger partial charge in [0.2, 0.25) is 0 Å². The van der Waals surface area contributed by atoms with Gasteiger partial charge in [0.25, 0.3) is 6.43 Å². The molecule has 0 fully saturated rings. The zero-order chi connectivity index (χ0) is 17.4. The largest absolute Gasteiger partial charge is 0.390 e. The molecule has 0 radical (unpaired) electrons. The van der Waals surface area contributed by atoms with Crippen molar-refractivity contribution in [2.75, 3.05) is 0 Å². The fourth-order valence-corrected chi connectivity index (χ4v) is 1.96. The molecule has 0 aliphatic rings. The molecule has 2 aromatic rings. The van der Waals surface area contributed by atoms with Gasteiger partial charge in [-0.15, -0.1) is 0 Å². The second kappa shape index (κ2) is 9.00. The van der Waals surface area contributed by atoms with Gasteiger partial charge in [0.05, 0.1) is 23.5 Å². The molecule has 124 valence electrons. The first-order chi connectivity index (χ1) is 11.1. The zero-order valence-corrected chi connectivity index (χ0v) is 13.6. The minimum atomic E-state index is -2.49. The lowest BCUT2D eigenvalue weighted by molar-refractivity contribution is 0.190. The van der Waals surface area contributed by atoms with Crippen molar-refractivity contribution < 1.29 is 13.9 Å². The van der Waals surface area contributed by atoms with E-state index < -0.39 is 6.43 Å². The quantitative estimate of drug-likeness (QED) is 0.804. The molecule has 1 aromatic carbocycles. The van der Waals surface area contributed by atoms with Crippen LogP contribution >= 0.6 is 0 Å². The number of fused-ring (bicyclic) bond motifs is 1. The van der Waals surface area contributed by atoms with E-state index >= 15 is 0 Å². The van der Waals surface area contributed by atoms with E-state index in [-0.39, 0.29) is 12.2 Å². The molecule has 3 nitrogen and oxygen atoms in total. The van der Waals surface area contributed by atoms with Crippen LogP contribution in [-0.2, 0) is 6.61 Å². The summed E-state index contributed by atoms with van der Waals surface area (Å²) in [6, 6.07) is 7.40. The maximum Gasteiger partial charge on any atom is 0.259 e. The van der Waals surface area contributed by atoms with Crippen LogP contribution in [0.5, 0.6) is 0 Å². The predicted molar refractivity (Wildman–Crippen MR) is 91.2 cm³/mol. The van der Waals surface area contributed by atoms with Crippen LogP contribution in [0.15, 0.2) is 54.6 Å². The second-order valence-corrected chi connectivity index (χ2v) is 4.54. The molecule has 5 heteroatoms. The van der Waals surface area contributed by atoms with Gasteiger partial charge in [-0.3, -0.25) is 0 Å². The predicted octanol–water partition coefficient (Wildman–Crippen LogP) is 4.79. The molecular weight excluding hydrogens is 298 g/mol. The van der Waals surface area contributed by atoms with Crippen molar-refractivity contribution in [3.8, 4) is 0 Å². The number of nitrogens with zero attached hydrogens (tertiary/aromatic N) is 2. The molecule has 1 N–H and O–H groups in total. The highest BCUT2D eigenvalue weighted by Crippen LogP contribution is 2.22. The Kier molecular flexibility index (Phi) is 7.35. The molecule has 0 unspecified atom stereocenters. The normalized spacial score (nSPS) is 12.3. The highest BCUT2D eigenvalue weighted by Gasteiger charge is 2.10. The molecule has 2 rings (SSSR count). The number of para-hydroxylation sites is 1. The van der Waals surface area contributed by atoms with E-state index in [2.05, 4.69) is 11.7 Å². The van der Waals surface area contributed by atoms with Crippen LogP contribution in [0.25, 0.3) is 16.6 Å². The number of halogens is 2. The van der Waals surface area contributed by atoms with Crippen LogP contribution in [0.3, 0.4) is 0 Å². The minimum absolute atomic E-state index is 0.0341. The third-order valence-electron chi connectivity index (χ3n) is 3.13. The number of hydrogen-bond donors (Lipinski definition) is 1. The van der Waals surface area contributed by atoms with Crippen molar-refractivity contribution in [3.63, 3.8) is 0 Å². The van der Waals surface area contributed by atoms with E-state index in [1.54, 1.807) is 4.68 Å². The molecular formula is C18H22F2N2O. The second-order valence-electron chi connectivity index (χ2n) is 4.54. The molecule has 0 saturated heterocycles. The van der Waals surface area contributed by atoms with Crippen molar-refractivity contribution in [2.45, 2.75) is 33.8 Å². The third kappa shape index (κ3) is 4.36. The van der Waals surface area contributed by atoms with Gasteiger partial charge in [0.1, 0.15) is 0 Å². The molecule has 23 heavy (non-hydrogen) atoms. The lowest BCUT2D eigenvalue weighted by Gasteiger charge is -2.04. The van der Waals surface area contributed by atoms with Crippen LogP contribution in [-0.4, -0.2) is 21.3 Å². The van der Waals surface area contributed by atoms with Crippen LogP contribution < -0.4 is 0 Å². The average molecular weight is 320 g/mol. The number of aliphatic hydroxyl groups is 1. The number of aromatic nitrogens is 2. The van der Waals surface area contributed by atoms with Gasteiger partial charge in [-0.25, -0.2) is 13.5 Å². The number of alkyl halides is 2. The summed E-state index contributed by atoms with van der Waals surface area (Å²) >= 11 is 0. The van der Waals surface area contributed by atoms with Crippen molar-refractivity contribution in [1.82, 2.24) is 9.78 Å². The lowest BCUT2D eigenvalue weighted by Crippen LogP contribution is -1.98. The minimum Gasteiger partial charge on any atom is -0.390 e. The summed E-state index contributed by atoms with van der Waals surface area (Å²) in [5.74, 6) is 0. The van der Waals surface area contributed by atoms with Gasteiger partial charge >= 0.3 is 0 Å². The van der Waals surface area contributed by atoms with E-state index in [1.807, 2.05) is 38.1 Å². The first-order valence-electron chi connectivity index (χ1n) is 7.45. The topological polar surface area (TPSA) is 38.0 Å². The molecule has 0 spiro atoms. The van der Waals surface area contributed by atoms with Crippen molar-refractivity contribution in [2.24, 2.45) is 0 Å². The van der Waals surface area contributed by atoms with Crippen molar-refractivity contribution in [3.05, 3.63) is 60.3 Å². The molecule has 0 amide bonds. The number of rotatable bonds is 5.